The number of nitrogens with one attached hydrogen (secondary N) is 2. The summed E-state index contributed by atoms with van der Waals surface area (Å²) in [5.74, 6) is -0.0683. The number of benzene rings is 1. The van der Waals surface area contributed by atoms with Crippen molar-refractivity contribution in [3.63, 3.8) is 0 Å². The monoisotopic (exact) mass is 562 g/mol. The summed E-state index contributed by atoms with van der Waals surface area (Å²) < 4.78 is 52.1. The fourth-order valence-corrected chi connectivity index (χ4v) is 6.53. The molecule has 1 aromatic heterocycles. The highest BCUT2D eigenvalue weighted by Gasteiger charge is 2.43. The van der Waals surface area contributed by atoms with E-state index in [0.717, 1.165) is 57.9 Å². The molecule has 4 heterocycles. The first-order valence-electron chi connectivity index (χ1n) is 14.4. The number of piperidine rings is 2. The van der Waals surface area contributed by atoms with Gasteiger partial charge in [-0.25, -0.2) is 9.37 Å². The Labute approximate surface area is 234 Å². The minimum absolute atomic E-state index is 0.0258. The average Bonchev–Trinajstić information content (AvgIpc) is 3.37. The fourth-order valence-electron chi connectivity index (χ4n) is 6.53. The maximum atomic E-state index is 14.7. The van der Waals surface area contributed by atoms with Gasteiger partial charge in [0.15, 0.2) is 23.1 Å². The molecule has 0 bridgehead atoms. The third kappa shape index (κ3) is 6.74. The van der Waals surface area contributed by atoms with E-state index in [0.29, 0.717) is 17.8 Å². The van der Waals surface area contributed by atoms with Crippen molar-refractivity contribution in [2.45, 2.75) is 103 Å². The second-order valence-electron chi connectivity index (χ2n) is 12.1. The van der Waals surface area contributed by atoms with Gasteiger partial charge < -0.3 is 25.0 Å². The number of ether oxygens (including phenoxy) is 2. The molecule has 0 spiro atoms. The molecule has 0 saturated carbocycles. The first-order chi connectivity index (χ1) is 19.1. The van der Waals surface area contributed by atoms with Crippen molar-refractivity contribution in [2.24, 2.45) is 0 Å². The lowest BCUT2D eigenvalue weighted by Gasteiger charge is -2.47. The van der Waals surface area contributed by atoms with Gasteiger partial charge in [-0.2, -0.15) is 13.8 Å². The van der Waals surface area contributed by atoms with Gasteiger partial charge in [0.2, 0.25) is 5.95 Å². The van der Waals surface area contributed by atoms with Gasteiger partial charge in [0.05, 0.1) is 6.20 Å². The normalized spacial score (nSPS) is 23.8. The number of hydrogen-bond donors (Lipinski definition) is 2. The topological polar surface area (TPSA) is 74.8 Å². The van der Waals surface area contributed by atoms with Crippen LogP contribution in [0.4, 0.5) is 30.6 Å². The molecule has 3 aliphatic heterocycles. The fraction of sp³-hybridized carbons (Fsp3) is 0.655. The largest absolute Gasteiger partial charge is 0.486 e. The van der Waals surface area contributed by atoms with E-state index in [1.807, 2.05) is 0 Å². The van der Waals surface area contributed by atoms with Crippen LogP contribution in [0.1, 0.15) is 66.2 Å². The lowest BCUT2D eigenvalue weighted by molar-refractivity contribution is -0.0525. The van der Waals surface area contributed by atoms with Crippen molar-refractivity contribution < 1.29 is 22.6 Å². The van der Waals surface area contributed by atoms with Crippen LogP contribution in [0.15, 0.2) is 24.4 Å². The number of halogens is 3. The van der Waals surface area contributed by atoms with E-state index >= 15 is 0 Å². The summed E-state index contributed by atoms with van der Waals surface area (Å²) in [6, 6.07) is 5.76. The van der Waals surface area contributed by atoms with Crippen LogP contribution in [-0.2, 0) is 0 Å². The van der Waals surface area contributed by atoms with Gasteiger partial charge in [-0.3, -0.25) is 4.90 Å². The van der Waals surface area contributed by atoms with Gasteiger partial charge in [0.1, 0.15) is 6.10 Å². The predicted molar refractivity (Wildman–Crippen MR) is 149 cm³/mol. The molecule has 3 saturated heterocycles. The van der Waals surface area contributed by atoms with Gasteiger partial charge in [-0.15, -0.1) is 0 Å². The van der Waals surface area contributed by atoms with E-state index in [2.05, 4.69) is 58.1 Å². The van der Waals surface area contributed by atoms with Gasteiger partial charge in [-0.05, 0) is 84.9 Å². The third-order valence-electron chi connectivity index (χ3n) is 8.46. The molecule has 2 aromatic rings. The highest BCUT2D eigenvalue weighted by atomic mass is 19.3. The smallest absolute Gasteiger partial charge is 0.387 e. The maximum absolute atomic E-state index is 14.7. The molecule has 220 valence electrons. The maximum Gasteiger partial charge on any atom is 0.387 e. The first kappa shape index (κ1) is 28.7. The molecule has 8 nitrogen and oxygen atoms in total. The summed E-state index contributed by atoms with van der Waals surface area (Å²) in [7, 11) is 0. The van der Waals surface area contributed by atoms with Crippen LogP contribution in [0.2, 0.25) is 0 Å². The SMILES string of the molecule is CC(C)N1CCC(Oc2ccc(Nc3ncc(F)c(N[C@@H]4C[C@@H]5CCCN5C(C)(C)C4)n3)cc2OC(F)F)CC1. The summed E-state index contributed by atoms with van der Waals surface area (Å²) >= 11 is 0. The van der Waals surface area contributed by atoms with E-state index in [-0.39, 0.29) is 40.9 Å². The van der Waals surface area contributed by atoms with Crippen LogP contribution in [0.3, 0.4) is 0 Å². The van der Waals surface area contributed by atoms with Gasteiger partial charge in [0.25, 0.3) is 0 Å². The Balaban J connectivity index is 1.27. The van der Waals surface area contributed by atoms with E-state index in [1.165, 1.54) is 12.5 Å². The molecule has 1 aromatic carbocycles. The van der Waals surface area contributed by atoms with Crippen LogP contribution < -0.4 is 20.1 Å². The van der Waals surface area contributed by atoms with E-state index in [4.69, 9.17) is 9.47 Å². The number of hydrogen-bond acceptors (Lipinski definition) is 8. The molecule has 40 heavy (non-hydrogen) atoms. The quantitative estimate of drug-likeness (QED) is 0.384. The highest BCUT2D eigenvalue weighted by molar-refractivity contribution is 5.60. The Morgan fingerprint density at radius 1 is 1.07 bits per heavy atom. The molecule has 2 N–H and O–H groups in total. The van der Waals surface area contributed by atoms with Gasteiger partial charge >= 0.3 is 6.61 Å². The molecule has 0 radical (unpaired) electrons. The number of anilines is 3. The number of alkyl halides is 2. The Morgan fingerprint density at radius 2 is 1.85 bits per heavy atom. The van der Waals surface area contributed by atoms with Crippen molar-refractivity contribution in [3.05, 3.63) is 30.2 Å². The number of aromatic nitrogens is 2. The number of nitrogens with zero attached hydrogens (tertiary/aromatic N) is 4. The lowest BCUT2D eigenvalue weighted by atomic mass is 9.84. The lowest BCUT2D eigenvalue weighted by Crippen LogP contribution is -2.55. The van der Waals surface area contributed by atoms with Gasteiger partial charge in [0, 0.05) is 48.5 Å². The van der Waals surface area contributed by atoms with Crippen molar-refractivity contribution >= 4 is 17.5 Å². The summed E-state index contributed by atoms with van der Waals surface area (Å²) in [6.07, 6.45) is 6.80. The zero-order chi connectivity index (χ0) is 28.4. The Kier molecular flexibility index (Phi) is 8.61. The molecule has 3 fully saturated rings. The molecule has 0 aliphatic carbocycles. The van der Waals surface area contributed by atoms with Crippen LogP contribution >= 0.6 is 0 Å². The number of likely N-dealkylation sites (tertiary alicyclic amines) is 1. The zero-order valence-corrected chi connectivity index (χ0v) is 23.8. The first-order valence-corrected chi connectivity index (χ1v) is 14.4. The molecule has 5 rings (SSSR count). The van der Waals surface area contributed by atoms with E-state index < -0.39 is 12.4 Å². The highest BCUT2D eigenvalue weighted by Crippen LogP contribution is 2.39. The summed E-state index contributed by atoms with van der Waals surface area (Å²) in [5, 5.41) is 6.31. The Bertz CT molecular complexity index is 1160. The average molecular weight is 563 g/mol. The molecule has 11 heteroatoms. The van der Waals surface area contributed by atoms with Crippen LogP contribution in [0.5, 0.6) is 11.5 Å². The standard InChI is InChI=1S/C29H41F3N6O2/c1-18(2)37-12-9-22(10-13-37)39-24-8-7-19(15-25(24)40-27(31)32)35-28-33-17-23(30)26(36-28)34-20-14-21-6-5-11-38(21)29(3,4)16-20/h7-8,15,17-18,20-22,27H,5-6,9-14,16H2,1-4H3,(H2,33,34,35,36)/t20-,21+/m1/s1. The van der Waals surface area contributed by atoms with Gasteiger partial charge in [-0.1, -0.05) is 0 Å². The molecular weight excluding hydrogens is 521 g/mol. The second-order valence-corrected chi connectivity index (χ2v) is 12.1. The Hall–Kier alpha value is -2.79. The zero-order valence-electron chi connectivity index (χ0n) is 23.8. The summed E-state index contributed by atoms with van der Waals surface area (Å²) in [6.45, 7) is 8.68. The van der Waals surface area contributed by atoms with Crippen LogP contribution in [0, 0.1) is 5.82 Å². The van der Waals surface area contributed by atoms with E-state index in [9.17, 15) is 13.2 Å². The van der Waals surface area contributed by atoms with Crippen LogP contribution in [0.25, 0.3) is 0 Å². The van der Waals surface area contributed by atoms with Crippen molar-refractivity contribution in [1.29, 1.82) is 0 Å². The summed E-state index contributed by atoms with van der Waals surface area (Å²) in [5.41, 5.74) is 0.452. The van der Waals surface area contributed by atoms with Crippen LogP contribution in [-0.4, -0.2) is 75.8 Å². The van der Waals surface area contributed by atoms with E-state index in [1.54, 1.807) is 12.1 Å². The molecule has 0 unspecified atom stereocenters. The molecule has 0 amide bonds. The summed E-state index contributed by atoms with van der Waals surface area (Å²) in [4.78, 5) is 13.4. The minimum Gasteiger partial charge on any atom is -0.486 e. The molecule has 2 atom stereocenters. The number of rotatable bonds is 9. The third-order valence-corrected chi connectivity index (χ3v) is 8.46. The molecular formula is C29H41F3N6O2. The van der Waals surface area contributed by atoms with Crippen molar-refractivity contribution in [1.82, 2.24) is 19.8 Å². The Morgan fingerprint density at radius 3 is 2.58 bits per heavy atom. The number of fused-ring (bicyclic) bond motifs is 1. The molecule has 3 aliphatic rings. The minimum atomic E-state index is -3.01. The van der Waals surface area contributed by atoms with Crippen molar-refractivity contribution in [2.75, 3.05) is 30.3 Å². The predicted octanol–water partition coefficient (Wildman–Crippen LogP) is 6.03. The van der Waals surface area contributed by atoms with Crippen molar-refractivity contribution in [3.8, 4) is 11.5 Å². The second kappa shape index (κ2) is 12.0.